The minimum absolute atomic E-state index is 0.0151. The van der Waals surface area contributed by atoms with Gasteiger partial charge in [-0.3, -0.25) is 9.80 Å². The lowest BCUT2D eigenvalue weighted by Gasteiger charge is -2.19. The summed E-state index contributed by atoms with van der Waals surface area (Å²) in [6.07, 6.45) is 3.18. The molecule has 2 aliphatic rings. The third-order valence-electron chi connectivity index (χ3n) is 10.3. The summed E-state index contributed by atoms with van der Waals surface area (Å²) in [7, 11) is 2.05. The highest BCUT2D eigenvalue weighted by Gasteiger charge is 2.33. The number of fused-ring (bicyclic) bond motifs is 1. The second-order valence-corrected chi connectivity index (χ2v) is 15.0. The maximum absolute atomic E-state index is 13.7. The summed E-state index contributed by atoms with van der Waals surface area (Å²) in [6.45, 7) is 14.2. The number of aromatic nitrogens is 2. The summed E-state index contributed by atoms with van der Waals surface area (Å²) < 4.78 is 68.6. The summed E-state index contributed by atoms with van der Waals surface area (Å²) >= 11 is 5.89. The number of hydrogen-bond donors (Lipinski definition) is 0. The van der Waals surface area contributed by atoms with Crippen LogP contribution in [0.15, 0.2) is 48.5 Å². The van der Waals surface area contributed by atoms with Gasteiger partial charge in [-0.2, -0.15) is 13.2 Å². The molecule has 3 aromatic carbocycles. The van der Waals surface area contributed by atoms with Crippen molar-refractivity contribution in [1.82, 2.24) is 24.3 Å². The minimum atomic E-state index is -4.62. The van der Waals surface area contributed by atoms with Crippen LogP contribution in [-0.4, -0.2) is 103 Å². The Morgan fingerprint density at radius 1 is 0.727 bits per heavy atom. The minimum Gasteiger partial charge on any atom is -0.492 e. The molecule has 0 spiro atoms. The third kappa shape index (κ3) is 11.0. The Morgan fingerprint density at radius 2 is 1.36 bits per heavy atom. The summed E-state index contributed by atoms with van der Waals surface area (Å²) in [6, 6.07) is 12.9. The van der Waals surface area contributed by atoms with Gasteiger partial charge < -0.3 is 28.4 Å². The van der Waals surface area contributed by atoms with Crippen LogP contribution < -0.4 is 18.9 Å². The normalized spacial score (nSPS) is 15.4. The number of imidazole rings is 1. The van der Waals surface area contributed by atoms with Crippen LogP contribution in [0.4, 0.5) is 13.2 Å². The van der Waals surface area contributed by atoms with Gasteiger partial charge in [-0.15, -0.1) is 0 Å². The fourth-order valence-electron chi connectivity index (χ4n) is 7.29. The number of ether oxygens (including phenoxy) is 4. The lowest BCUT2D eigenvalue weighted by molar-refractivity contribution is -0.137. The van der Waals surface area contributed by atoms with Crippen molar-refractivity contribution >= 4 is 22.6 Å². The number of aryl methyl sites for hydroxylation is 1. The molecule has 13 heteroatoms. The lowest BCUT2D eigenvalue weighted by Crippen LogP contribution is -2.25. The van der Waals surface area contributed by atoms with E-state index in [1.54, 1.807) is 12.1 Å². The molecule has 9 nitrogen and oxygen atoms in total. The van der Waals surface area contributed by atoms with Crippen LogP contribution in [-0.2, 0) is 12.7 Å². The topological polar surface area (TPSA) is 64.5 Å². The quantitative estimate of drug-likeness (QED) is 0.0879. The molecule has 2 fully saturated rings. The van der Waals surface area contributed by atoms with Crippen molar-refractivity contribution in [1.29, 1.82) is 0 Å². The van der Waals surface area contributed by atoms with Crippen LogP contribution in [0.2, 0.25) is 5.02 Å². The van der Waals surface area contributed by atoms with Crippen LogP contribution in [0.25, 0.3) is 22.4 Å². The van der Waals surface area contributed by atoms with E-state index in [2.05, 4.69) is 39.2 Å². The number of hydrogen-bond acceptors (Lipinski definition) is 8. The lowest BCUT2D eigenvalue weighted by atomic mass is 10.1. The molecule has 0 radical (unpaired) electrons. The van der Waals surface area contributed by atoms with E-state index in [0.717, 1.165) is 93.5 Å². The standard InChI is InChI=1S/C42H55ClF3N5O4/c1-4-6-20-51-37-28-33(52-25-22-49-16-7-8-17-49)30-39(54-26-23-50-18-9-10-19-50)40(37)47-41(51)34-13-11-32(29-38(34)53-24-21-48(3)15-5-2)55-31-12-14-36(43)35(27-31)42(44,45)46/h11-14,27-30H,4-10,15-26H2,1-3H3. The Balaban J connectivity index is 1.38. The Kier molecular flexibility index (Phi) is 14.5. The summed E-state index contributed by atoms with van der Waals surface area (Å²) in [5, 5.41) is -0.388. The second kappa shape index (κ2) is 19.4. The van der Waals surface area contributed by atoms with Crippen molar-refractivity contribution in [2.75, 3.05) is 79.2 Å². The number of nitrogens with zero attached hydrogens (tertiary/aromatic N) is 5. The zero-order chi connectivity index (χ0) is 38.8. The zero-order valence-electron chi connectivity index (χ0n) is 32.4. The average Bonchev–Trinajstić information content (AvgIpc) is 3.94. The van der Waals surface area contributed by atoms with Gasteiger partial charge in [-0.25, -0.2) is 4.98 Å². The van der Waals surface area contributed by atoms with Crippen LogP contribution in [0.1, 0.15) is 64.4 Å². The van der Waals surface area contributed by atoms with E-state index in [4.69, 9.17) is 35.5 Å². The Labute approximate surface area is 328 Å². The van der Waals surface area contributed by atoms with Crippen LogP contribution >= 0.6 is 11.6 Å². The van der Waals surface area contributed by atoms with Gasteiger partial charge in [0, 0.05) is 44.4 Å². The van der Waals surface area contributed by atoms with Crippen LogP contribution in [0.5, 0.6) is 28.7 Å². The molecule has 0 aliphatic carbocycles. The van der Waals surface area contributed by atoms with Gasteiger partial charge in [0.25, 0.3) is 0 Å². The van der Waals surface area contributed by atoms with E-state index in [1.165, 1.54) is 37.8 Å². The third-order valence-corrected chi connectivity index (χ3v) is 10.6. The molecule has 55 heavy (non-hydrogen) atoms. The molecule has 1 aromatic heterocycles. The van der Waals surface area contributed by atoms with Gasteiger partial charge in [0.05, 0.1) is 21.7 Å². The fourth-order valence-corrected chi connectivity index (χ4v) is 7.52. The molecule has 0 saturated carbocycles. The smallest absolute Gasteiger partial charge is 0.417 e. The summed E-state index contributed by atoms with van der Waals surface area (Å²) in [5.74, 6) is 2.98. The van der Waals surface area contributed by atoms with Crippen molar-refractivity contribution in [3.63, 3.8) is 0 Å². The van der Waals surface area contributed by atoms with Crippen LogP contribution in [0.3, 0.4) is 0 Å². The van der Waals surface area contributed by atoms with E-state index in [9.17, 15) is 13.2 Å². The number of rotatable bonds is 20. The van der Waals surface area contributed by atoms with E-state index >= 15 is 0 Å². The molecular formula is C42H55ClF3N5O4. The van der Waals surface area contributed by atoms with Crippen molar-refractivity contribution in [2.24, 2.45) is 0 Å². The predicted octanol–water partition coefficient (Wildman–Crippen LogP) is 9.64. The van der Waals surface area contributed by atoms with Gasteiger partial charge in [0.1, 0.15) is 54.2 Å². The molecule has 0 N–H and O–H groups in total. The molecule has 0 bridgehead atoms. The Bertz CT molecular complexity index is 1840. The number of unbranched alkanes of at least 4 members (excludes halogenated alkanes) is 1. The second-order valence-electron chi connectivity index (χ2n) is 14.6. The van der Waals surface area contributed by atoms with E-state index in [0.29, 0.717) is 56.0 Å². The molecule has 300 valence electrons. The fraction of sp³-hybridized carbons (Fsp3) is 0.548. The SMILES string of the molecule is CCCCn1c(-c2ccc(Oc3ccc(Cl)c(C(F)(F)F)c3)cc2OCCN(C)CCC)nc2c(OCCN3CCCC3)cc(OCCN3CCCC3)cc21. The van der Waals surface area contributed by atoms with Crippen molar-refractivity contribution < 1.29 is 32.1 Å². The molecule has 0 amide bonds. The molecular weight excluding hydrogens is 731 g/mol. The van der Waals surface area contributed by atoms with Gasteiger partial charge >= 0.3 is 6.18 Å². The first-order valence-corrected chi connectivity index (χ1v) is 20.3. The predicted molar refractivity (Wildman–Crippen MR) is 212 cm³/mol. The number of halogens is 4. The van der Waals surface area contributed by atoms with Gasteiger partial charge in [-0.1, -0.05) is 31.9 Å². The Morgan fingerprint density at radius 3 is 2.04 bits per heavy atom. The van der Waals surface area contributed by atoms with E-state index in [1.807, 2.05) is 19.2 Å². The molecule has 2 aliphatic heterocycles. The number of benzene rings is 3. The van der Waals surface area contributed by atoms with Gasteiger partial charge in [0.15, 0.2) is 5.75 Å². The summed E-state index contributed by atoms with van der Waals surface area (Å²) in [4.78, 5) is 12.3. The average molecular weight is 786 g/mol. The van der Waals surface area contributed by atoms with Crippen LogP contribution in [0, 0.1) is 0 Å². The van der Waals surface area contributed by atoms with E-state index in [-0.39, 0.29) is 10.8 Å². The van der Waals surface area contributed by atoms with Gasteiger partial charge in [0.2, 0.25) is 0 Å². The molecule has 4 aromatic rings. The first-order valence-electron chi connectivity index (χ1n) is 19.9. The molecule has 0 atom stereocenters. The highest BCUT2D eigenvalue weighted by atomic mass is 35.5. The number of likely N-dealkylation sites (tertiary alicyclic amines) is 2. The summed E-state index contributed by atoms with van der Waals surface area (Å²) in [5.41, 5.74) is 1.44. The zero-order valence-corrected chi connectivity index (χ0v) is 33.2. The molecule has 3 heterocycles. The highest BCUT2D eigenvalue weighted by Crippen LogP contribution is 2.41. The van der Waals surface area contributed by atoms with Crippen molar-refractivity contribution in [2.45, 2.75) is 71.5 Å². The number of likely N-dealkylation sites (N-methyl/N-ethyl adjacent to an activating group) is 1. The first-order chi connectivity index (χ1) is 26.6. The largest absolute Gasteiger partial charge is 0.492 e. The molecule has 2 saturated heterocycles. The van der Waals surface area contributed by atoms with E-state index < -0.39 is 11.7 Å². The Hall–Kier alpha value is -3.71. The van der Waals surface area contributed by atoms with Crippen molar-refractivity contribution in [3.8, 4) is 40.1 Å². The molecule has 6 rings (SSSR count). The first kappa shape index (κ1) is 40.9. The highest BCUT2D eigenvalue weighted by molar-refractivity contribution is 6.31. The molecule has 0 unspecified atom stereocenters. The maximum Gasteiger partial charge on any atom is 0.417 e. The number of alkyl halides is 3. The maximum atomic E-state index is 13.7. The monoisotopic (exact) mass is 785 g/mol. The van der Waals surface area contributed by atoms with Crippen molar-refractivity contribution in [3.05, 3.63) is 59.1 Å². The van der Waals surface area contributed by atoms with Gasteiger partial charge in [-0.05, 0) is 109 Å².